The quantitative estimate of drug-likeness (QED) is 0.817. The summed E-state index contributed by atoms with van der Waals surface area (Å²) in [6, 6.07) is 14.0. The van der Waals surface area contributed by atoms with Crippen molar-refractivity contribution in [3.8, 4) is 5.75 Å². The van der Waals surface area contributed by atoms with E-state index in [1.165, 1.54) is 0 Å². The number of aromatic nitrogens is 1. The van der Waals surface area contributed by atoms with E-state index in [-0.39, 0.29) is 11.6 Å². The molecule has 0 amide bonds. The minimum atomic E-state index is -0.233. The molecule has 0 spiro atoms. The number of hydrogen-bond donors (Lipinski definition) is 2. The van der Waals surface area contributed by atoms with Crippen LogP contribution in [0.4, 0.5) is 5.82 Å². The molecule has 5 heteroatoms. The van der Waals surface area contributed by atoms with Crippen LogP contribution >= 0.6 is 12.2 Å². The highest BCUT2D eigenvalue weighted by atomic mass is 32.1. The maximum absolute atomic E-state index is 6.05. The number of nitrogens with one attached hydrogen (secondary N) is 2. The van der Waals surface area contributed by atoms with E-state index in [4.69, 9.17) is 17.0 Å². The molecule has 0 bridgehead atoms. The average molecular weight is 327 g/mol. The number of fused-ring (bicyclic) bond motifs is 1. The summed E-state index contributed by atoms with van der Waals surface area (Å²) in [5, 5.41) is 7.13. The van der Waals surface area contributed by atoms with Crippen LogP contribution < -0.4 is 15.4 Å². The van der Waals surface area contributed by atoms with Crippen LogP contribution in [-0.4, -0.2) is 15.7 Å². The summed E-state index contributed by atoms with van der Waals surface area (Å²) >= 11 is 5.46. The minimum Gasteiger partial charge on any atom is -0.487 e. The molecule has 0 saturated heterocycles. The summed E-state index contributed by atoms with van der Waals surface area (Å²) in [7, 11) is 0. The first-order chi connectivity index (χ1) is 10.9. The Morgan fingerprint density at radius 3 is 2.78 bits per heavy atom. The van der Waals surface area contributed by atoms with Gasteiger partial charge in [0.25, 0.3) is 0 Å². The largest absolute Gasteiger partial charge is 0.487 e. The van der Waals surface area contributed by atoms with Crippen molar-refractivity contribution in [1.29, 1.82) is 0 Å². The Kier molecular flexibility index (Phi) is 4.22. The van der Waals surface area contributed by atoms with Gasteiger partial charge in [-0.25, -0.2) is 4.98 Å². The number of benzene rings is 1. The Balaban J connectivity index is 1.75. The van der Waals surface area contributed by atoms with Crippen molar-refractivity contribution < 1.29 is 4.74 Å². The Bertz CT molecular complexity index is 730. The molecule has 2 aromatic rings. The van der Waals surface area contributed by atoms with Crippen LogP contribution in [0.15, 0.2) is 42.5 Å². The van der Waals surface area contributed by atoms with Crippen molar-refractivity contribution in [1.82, 2.24) is 10.3 Å². The Hall–Kier alpha value is -2.14. The lowest BCUT2D eigenvalue weighted by Crippen LogP contribution is -2.42. The van der Waals surface area contributed by atoms with Crippen molar-refractivity contribution in [2.45, 2.75) is 38.8 Å². The first kappa shape index (κ1) is 15.7. The van der Waals surface area contributed by atoms with Gasteiger partial charge in [-0.2, -0.15) is 0 Å². The zero-order chi connectivity index (χ0) is 16.4. The lowest BCUT2D eigenvalue weighted by atomic mass is 9.90. The van der Waals surface area contributed by atoms with Gasteiger partial charge in [-0.3, -0.25) is 0 Å². The lowest BCUT2D eigenvalue weighted by Gasteiger charge is -2.38. The average Bonchev–Trinajstić information content (AvgIpc) is 2.46. The van der Waals surface area contributed by atoms with Gasteiger partial charge < -0.3 is 15.4 Å². The minimum absolute atomic E-state index is 0.111. The maximum atomic E-state index is 6.05. The molecule has 120 valence electrons. The van der Waals surface area contributed by atoms with Gasteiger partial charge in [-0.15, -0.1) is 0 Å². The van der Waals surface area contributed by atoms with Crippen LogP contribution in [0.1, 0.15) is 37.6 Å². The number of pyridine rings is 1. The zero-order valence-corrected chi connectivity index (χ0v) is 14.4. The molecule has 1 aromatic heterocycles. The Morgan fingerprint density at radius 1 is 1.22 bits per heavy atom. The molecule has 1 aromatic carbocycles. The van der Waals surface area contributed by atoms with Crippen molar-refractivity contribution in [2.24, 2.45) is 0 Å². The lowest BCUT2D eigenvalue weighted by molar-refractivity contribution is 0.0697. The van der Waals surface area contributed by atoms with Crippen LogP contribution in [0, 0.1) is 6.92 Å². The van der Waals surface area contributed by atoms with Crippen LogP contribution in [0.25, 0.3) is 0 Å². The van der Waals surface area contributed by atoms with Gasteiger partial charge in [0.15, 0.2) is 5.11 Å². The van der Waals surface area contributed by atoms with E-state index < -0.39 is 0 Å². The molecule has 23 heavy (non-hydrogen) atoms. The van der Waals surface area contributed by atoms with Crippen molar-refractivity contribution >= 4 is 23.1 Å². The highest BCUT2D eigenvalue weighted by molar-refractivity contribution is 7.80. The fourth-order valence-corrected chi connectivity index (χ4v) is 3.10. The van der Waals surface area contributed by atoms with Gasteiger partial charge in [0.05, 0.1) is 6.04 Å². The maximum Gasteiger partial charge on any atom is 0.172 e. The molecule has 1 aliphatic rings. The highest BCUT2D eigenvalue weighted by Gasteiger charge is 2.33. The van der Waals surface area contributed by atoms with Crippen LogP contribution in [0.3, 0.4) is 0 Å². The smallest absolute Gasteiger partial charge is 0.172 e. The van der Waals surface area contributed by atoms with Gasteiger partial charge in [0, 0.05) is 17.7 Å². The number of aryl methyl sites for hydroxylation is 1. The van der Waals surface area contributed by atoms with E-state index in [9.17, 15) is 0 Å². The van der Waals surface area contributed by atoms with Crippen LogP contribution in [0.5, 0.6) is 5.75 Å². The second kappa shape index (κ2) is 6.16. The van der Waals surface area contributed by atoms with E-state index >= 15 is 0 Å². The van der Waals surface area contributed by atoms with Gasteiger partial charge in [-0.05, 0) is 51.2 Å². The number of nitrogens with zero attached hydrogens (tertiary/aromatic N) is 1. The van der Waals surface area contributed by atoms with E-state index in [0.29, 0.717) is 5.11 Å². The summed E-state index contributed by atoms with van der Waals surface area (Å²) < 4.78 is 6.05. The Labute approximate surface area is 142 Å². The first-order valence-corrected chi connectivity index (χ1v) is 8.13. The molecule has 0 aliphatic carbocycles. The molecule has 2 N–H and O–H groups in total. The molecular formula is C18H21N3OS. The fourth-order valence-electron chi connectivity index (χ4n) is 2.85. The van der Waals surface area contributed by atoms with E-state index in [1.807, 2.05) is 43.3 Å². The van der Waals surface area contributed by atoms with Gasteiger partial charge >= 0.3 is 0 Å². The van der Waals surface area contributed by atoms with Crippen molar-refractivity contribution in [2.75, 3.05) is 5.32 Å². The number of hydrogen-bond acceptors (Lipinski definition) is 3. The zero-order valence-electron chi connectivity index (χ0n) is 13.6. The van der Waals surface area contributed by atoms with Gasteiger partial charge in [0.2, 0.25) is 0 Å². The number of ether oxygens (including phenoxy) is 1. The highest BCUT2D eigenvalue weighted by Crippen LogP contribution is 2.39. The summed E-state index contributed by atoms with van der Waals surface area (Å²) in [6.07, 6.45) is 0.840. The molecule has 1 aliphatic heterocycles. The SMILES string of the molecule is Cc1cccc(NC(=S)NC2CC(C)(C)Oc3ccccc32)n1. The molecule has 1 atom stereocenters. The third-order valence-electron chi connectivity index (χ3n) is 3.81. The van der Waals surface area contributed by atoms with E-state index in [1.54, 1.807) is 0 Å². The van der Waals surface area contributed by atoms with E-state index in [2.05, 4.69) is 35.5 Å². The predicted octanol–water partition coefficient (Wildman–Crippen LogP) is 3.98. The van der Waals surface area contributed by atoms with Crippen molar-refractivity contribution in [3.63, 3.8) is 0 Å². The standard InChI is InChI=1S/C18H21N3OS/c1-12-7-6-10-16(19-12)21-17(23)20-14-11-18(2,3)22-15-9-5-4-8-13(14)15/h4-10,14H,11H2,1-3H3,(H2,19,20,21,23). The molecular weight excluding hydrogens is 306 g/mol. The van der Waals surface area contributed by atoms with Crippen LogP contribution in [-0.2, 0) is 0 Å². The Morgan fingerprint density at radius 2 is 2.00 bits per heavy atom. The fraction of sp³-hybridized carbons (Fsp3) is 0.333. The third-order valence-corrected chi connectivity index (χ3v) is 4.03. The molecule has 2 heterocycles. The summed E-state index contributed by atoms with van der Waals surface area (Å²) in [4.78, 5) is 4.42. The molecule has 0 radical (unpaired) electrons. The number of para-hydroxylation sites is 1. The van der Waals surface area contributed by atoms with Crippen LogP contribution in [0.2, 0.25) is 0 Å². The molecule has 3 rings (SSSR count). The molecule has 1 unspecified atom stereocenters. The summed E-state index contributed by atoms with van der Waals surface area (Å²) in [6.45, 7) is 6.14. The summed E-state index contributed by atoms with van der Waals surface area (Å²) in [5.41, 5.74) is 1.85. The number of rotatable bonds is 2. The number of anilines is 1. The third kappa shape index (κ3) is 3.79. The topological polar surface area (TPSA) is 46.2 Å². The number of thiocarbonyl (C=S) groups is 1. The molecule has 0 fully saturated rings. The monoisotopic (exact) mass is 327 g/mol. The normalized spacial score (nSPS) is 18.5. The molecule has 0 saturated carbocycles. The van der Waals surface area contributed by atoms with Gasteiger partial charge in [0.1, 0.15) is 17.2 Å². The summed E-state index contributed by atoms with van der Waals surface area (Å²) in [5.74, 6) is 1.67. The van der Waals surface area contributed by atoms with Gasteiger partial charge in [-0.1, -0.05) is 24.3 Å². The predicted molar refractivity (Wildman–Crippen MR) is 96.8 cm³/mol. The van der Waals surface area contributed by atoms with Crippen molar-refractivity contribution in [3.05, 3.63) is 53.7 Å². The second-order valence-electron chi connectivity index (χ2n) is 6.42. The first-order valence-electron chi connectivity index (χ1n) is 7.72. The molecule has 4 nitrogen and oxygen atoms in total. The van der Waals surface area contributed by atoms with E-state index in [0.717, 1.165) is 29.2 Å². The second-order valence-corrected chi connectivity index (χ2v) is 6.83.